The highest BCUT2D eigenvalue weighted by atomic mass is 14.9. The zero-order chi connectivity index (χ0) is 31.1. The van der Waals surface area contributed by atoms with Crippen LogP contribution in [-0.4, -0.2) is 4.57 Å². The van der Waals surface area contributed by atoms with Crippen LogP contribution in [0.15, 0.2) is 170 Å². The molecule has 1 heteroatoms. The molecule has 47 heavy (non-hydrogen) atoms. The van der Waals surface area contributed by atoms with Crippen molar-refractivity contribution in [1.82, 2.24) is 4.57 Å². The van der Waals surface area contributed by atoms with E-state index in [4.69, 9.17) is 0 Å². The van der Waals surface area contributed by atoms with Gasteiger partial charge in [-0.1, -0.05) is 158 Å². The molecule has 0 fully saturated rings. The summed E-state index contributed by atoms with van der Waals surface area (Å²) in [5.74, 6) is 0. The van der Waals surface area contributed by atoms with Gasteiger partial charge in [-0.2, -0.15) is 0 Å². The van der Waals surface area contributed by atoms with Gasteiger partial charge in [0.05, 0.1) is 10.9 Å². The highest BCUT2D eigenvalue weighted by molar-refractivity contribution is 6.31. The third-order valence-corrected chi connectivity index (χ3v) is 10.7. The van der Waals surface area contributed by atoms with Crippen LogP contribution in [0.25, 0.3) is 65.6 Å². The first kappa shape index (κ1) is 26.3. The highest BCUT2D eigenvalue weighted by Crippen LogP contribution is 2.56. The normalized spacial score (nSPS) is 13.4. The van der Waals surface area contributed by atoms with Crippen LogP contribution < -0.4 is 0 Å². The summed E-state index contributed by atoms with van der Waals surface area (Å²) in [7, 11) is 2.23. The molecule has 0 atom stereocenters. The van der Waals surface area contributed by atoms with Crippen molar-refractivity contribution < 1.29 is 0 Å². The minimum atomic E-state index is -0.411. The summed E-state index contributed by atoms with van der Waals surface area (Å²) in [4.78, 5) is 0. The molecule has 9 aromatic rings. The molecule has 1 aliphatic rings. The molecule has 0 radical (unpaired) electrons. The fourth-order valence-electron chi connectivity index (χ4n) is 8.69. The van der Waals surface area contributed by atoms with E-state index in [0.717, 1.165) is 0 Å². The highest BCUT2D eigenvalue weighted by Gasteiger charge is 2.46. The van der Waals surface area contributed by atoms with Crippen molar-refractivity contribution >= 4 is 43.4 Å². The number of hydrogen-bond acceptors (Lipinski definition) is 0. The molecule has 1 heterocycles. The molecule has 1 aliphatic carbocycles. The first-order chi connectivity index (χ1) is 23.2. The number of aryl methyl sites for hydroxylation is 1. The maximum absolute atomic E-state index is 2.46. The summed E-state index contributed by atoms with van der Waals surface area (Å²) in [5, 5.41) is 7.85. The van der Waals surface area contributed by atoms with Crippen molar-refractivity contribution in [3.05, 3.63) is 192 Å². The molecule has 0 saturated heterocycles. The van der Waals surface area contributed by atoms with Gasteiger partial charge in [0.15, 0.2) is 0 Å². The van der Waals surface area contributed by atoms with Gasteiger partial charge in [0.1, 0.15) is 0 Å². The van der Waals surface area contributed by atoms with Crippen LogP contribution in [0.5, 0.6) is 0 Å². The summed E-state index contributed by atoms with van der Waals surface area (Å²) in [6.07, 6.45) is 0. The largest absolute Gasteiger partial charge is 0.343 e. The van der Waals surface area contributed by atoms with Gasteiger partial charge in [0.2, 0.25) is 0 Å². The summed E-state index contributed by atoms with van der Waals surface area (Å²) in [6, 6.07) is 63.0. The van der Waals surface area contributed by atoms with Crippen molar-refractivity contribution in [1.29, 1.82) is 0 Å². The Balaban J connectivity index is 1.25. The van der Waals surface area contributed by atoms with Crippen LogP contribution in [-0.2, 0) is 12.5 Å². The molecule has 0 aliphatic heterocycles. The Morgan fingerprint density at radius 1 is 0.404 bits per heavy atom. The first-order valence-corrected chi connectivity index (χ1v) is 16.4. The summed E-state index contributed by atoms with van der Waals surface area (Å²) in [6.45, 7) is 0. The number of aromatic nitrogens is 1. The summed E-state index contributed by atoms with van der Waals surface area (Å²) in [5.41, 5.74) is 12.5. The van der Waals surface area contributed by atoms with Gasteiger partial charge in [0, 0.05) is 28.7 Å². The van der Waals surface area contributed by atoms with E-state index in [2.05, 4.69) is 181 Å². The van der Waals surface area contributed by atoms with E-state index < -0.39 is 5.41 Å². The van der Waals surface area contributed by atoms with E-state index in [-0.39, 0.29) is 0 Å². The van der Waals surface area contributed by atoms with Gasteiger partial charge < -0.3 is 4.57 Å². The third-order valence-electron chi connectivity index (χ3n) is 10.7. The van der Waals surface area contributed by atoms with Crippen molar-refractivity contribution in [2.24, 2.45) is 7.05 Å². The predicted molar refractivity (Wildman–Crippen MR) is 198 cm³/mol. The van der Waals surface area contributed by atoms with E-state index in [0.29, 0.717) is 0 Å². The van der Waals surface area contributed by atoms with Crippen LogP contribution in [0.2, 0.25) is 0 Å². The lowest BCUT2D eigenvalue weighted by Gasteiger charge is -2.34. The molecular formula is C46H31N. The molecule has 0 saturated carbocycles. The molecular weight excluding hydrogens is 567 g/mol. The third kappa shape index (κ3) is 3.49. The Morgan fingerprint density at radius 2 is 0.936 bits per heavy atom. The molecule has 0 bridgehead atoms. The molecule has 8 aromatic carbocycles. The second-order valence-corrected chi connectivity index (χ2v) is 12.9. The fraction of sp³-hybridized carbons (Fsp3) is 0.0435. The Bertz CT molecular complexity index is 2640. The average Bonchev–Trinajstić information content (AvgIpc) is 3.62. The lowest BCUT2D eigenvalue weighted by atomic mass is 9.67. The molecule has 0 N–H and O–H groups in total. The van der Waals surface area contributed by atoms with Gasteiger partial charge in [-0.25, -0.2) is 0 Å². The monoisotopic (exact) mass is 597 g/mol. The number of benzene rings is 8. The zero-order valence-corrected chi connectivity index (χ0v) is 26.1. The molecule has 220 valence electrons. The molecule has 1 nitrogen and oxygen atoms in total. The lowest BCUT2D eigenvalue weighted by Crippen LogP contribution is -2.28. The van der Waals surface area contributed by atoms with E-state index in [1.165, 1.54) is 87.9 Å². The summed E-state index contributed by atoms with van der Waals surface area (Å²) < 4.78 is 2.41. The van der Waals surface area contributed by atoms with Crippen LogP contribution in [0.1, 0.15) is 22.3 Å². The second-order valence-electron chi connectivity index (χ2n) is 12.9. The Hall–Kier alpha value is -5.92. The Morgan fingerprint density at radius 3 is 1.66 bits per heavy atom. The van der Waals surface area contributed by atoms with Crippen LogP contribution in [0.3, 0.4) is 0 Å². The Labute approximate surface area is 274 Å². The van der Waals surface area contributed by atoms with Crippen molar-refractivity contribution in [2.45, 2.75) is 5.41 Å². The average molecular weight is 598 g/mol. The van der Waals surface area contributed by atoms with E-state index in [1.807, 2.05) is 0 Å². The van der Waals surface area contributed by atoms with Gasteiger partial charge in [-0.15, -0.1) is 0 Å². The molecule has 0 unspecified atom stereocenters. The van der Waals surface area contributed by atoms with Crippen molar-refractivity contribution in [3.8, 4) is 22.3 Å². The van der Waals surface area contributed by atoms with Gasteiger partial charge >= 0.3 is 0 Å². The number of hydrogen-bond donors (Lipinski definition) is 0. The smallest absolute Gasteiger partial charge is 0.0713 e. The predicted octanol–water partition coefficient (Wildman–Crippen LogP) is 11.7. The maximum Gasteiger partial charge on any atom is 0.0713 e. The van der Waals surface area contributed by atoms with Gasteiger partial charge in [-0.3, -0.25) is 0 Å². The Kier molecular flexibility index (Phi) is 5.48. The van der Waals surface area contributed by atoms with Crippen LogP contribution in [0, 0.1) is 0 Å². The molecule has 1 aromatic heterocycles. The number of nitrogens with zero attached hydrogens (tertiary/aromatic N) is 1. The van der Waals surface area contributed by atoms with E-state index in [1.54, 1.807) is 0 Å². The van der Waals surface area contributed by atoms with Crippen LogP contribution >= 0.6 is 0 Å². The van der Waals surface area contributed by atoms with E-state index in [9.17, 15) is 0 Å². The quantitative estimate of drug-likeness (QED) is 0.179. The second kappa shape index (κ2) is 9.79. The molecule has 10 rings (SSSR count). The fourth-order valence-corrected chi connectivity index (χ4v) is 8.69. The lowest BCUT2D eigenvalue weighted by molar-refractivity contribution is 0.769. The van der Waals surface area contributed by atoms with Crippen LogP contribution in [0.4, 0.5) is 0 Å². The summed E-state index contributed by atoms with van der Waals surface area (Å²) >= 11 is 0. The molecule has 0 spiro atoms. The van der Waals surface area contributed by atoms with Gasteiger partial charge in [0.25, 0.3) is 0 Å². The van der Waals surface area contributed by atoms with Gasteiger partial charge in [-0.05, 0) is 72.8 Å². The maximum atomic E-state index is 2.46. The van der Waals surface area contributed by atoms with Crippen molar-refractivity contribution in [3.63, 3.8) is 0 Å². The molecule has 0 amide bonds. The SMILES string of the molecule is Cn1c2cc(-c3ccc4c(c3)C(c3ccccc3)(c3ccccc3)c3ccccc3-4)ccc2c2c3ccccc3c3ccccc3c21. The minimum Gasteiger partial charge on any atom is -0.343 e. The van der Waals surface area contributed by atoms with Crippen molar-refractivity contribution in [2.75, 3.05) is 0 Å². The standard InChI is InChI=1S/C46H31N/c1-47-43-29-31(25-27-40(43)44-38-21-10-8-18-34(38)35-19-9-11-22-39(35)45(44)47)30-24-26-37-36-20-12-13-23-41(36)46(42(37)28-30,32-14-4-2-5-15-32)33-16-6-3-7-17-33/h2-29H,1H3. The minimum absolute atomic E-state index is 0.411. The van der Waals surface area contributed by atoms with E-state index >= 15 is 0 Å². The number of fused-ring (bicyclic) bond motifs is 11. The topological polar surface area (TPSA) is 4.93 Å². The number of rotatable bonds is 3. The first-order valence-electron chi connectivity index (χ1n) is 16.4. The zero-order valence-electron chi connectivity index (χ0n) is 26.1.